The SMILES string of the molecule is CC(C)(CNC(=O)NCC(c1ccco1)N1CCCC1)c1ccc2c(c1)OCO2. The number of carbonyl (C=O) groups is 1. The summed E-state index contributed by atoms with van der Waals surface area (Å²) >= 11 is 0. The molecule has 0 saturated carbocycles. The first-order valence-corrected chi connectivity index (χ1v) is 10.2. The average Bonchev–Trinajstić information content (AvgIpc) is 3.48. The molecule has 7 heteroatoms. The fraction of sp³-hybridized carbons (Fsp3) is 0.500. The second kappa shape index (κ2) is 8.37. The molecule has 2 N–H and O–H groups in total. The van der Waals surface area contributed by atoms with E-state index in [2.05, 4.69) is 29.4 Å². The second-order valence-corrected chi connectivity index (χ2v) is 8.29. The summed E-state index contributed by atoms with van der Waals surface area (Å²) in [7, 11) is 0. The van der Waals surface area contributed by atoms with Crippen molar-refractivity contribution in [2.75, 3.05) is 33.0 Å². The van der Waals surface area contributed by atoms with Crippen LogP contribution < -0.4 is 20.1 Å². The van der Waals surface area contributed by atoms with Crippen molar-refractivity contribution in [1.82, 2.24) is 15.5 Å². The molecule has 0 bridgehead atoms. The Bertz CT molecular complexity index is 829. The molecule has 2 aliphatic heterocycles. The summed E-state index contributed by atoms with van der Waals surface area (Å²) in [6.07, 6.45) is 4.06. The summed E-state index contributed by atoms with van der Waals surface area (Å²) in [6, 6.07) is 9.70. The van der Waals surface area contributed by atoms with Crippen LogP contribution in [0.3, 0.4) is 0 Å². The molecule has 1 atom stereocenters. The van der Waals surface area contributed by atoms with Crippen molar-refractivity contribution in [3.63, 3.8) is 0 Å². The topological polar surface area (TPSA) is 76.0 Å². The van der Waals surface area contributed by atoms with Gasteiger partial charge in [0.2, 0.25) is 6.79 Å². The third-order valence-corrected chi connectivity index (χ3v) is 5.75. The zero-order valence-electron chi connectivity index (χ0n) is 17.1. The lowest BCUT2D eigenvalue weighted by molar-refractivity contribution is 0.174. The van der Waals surface area contributed by atoms with E-state index in [-0.39, 0.29) is 24.3 Å². The Morgan fingerprint density at radius 1 is 1.14 bits per heavy atom. The second-order valence-electron chi connectivity index (χ2n) is 8.29. The minimum atomic E-state index is -0.242. The highest BCUT2D eigenvalue weighted by Gasteiger charge is 2.27. The van der Waals surface area contributed by atoms with Crippen molar-refractivity contribution < 1.29 is 18.7 Å². The van der Waals surface area contributed by atoms with Gasteiger partial charge in [0.15, 0.2) is 11.5 Å². The molecule has 0 aliphatic carbocycles. The minimum Gasteiger partial charge on any atom is -0.468 e. The summed E-state index contributed by atoms with van der Waals surface area (Å²) in [5.74, 6) is 2.42. The van der Waals surface area contributed by atoms with Crippen LogP contribution in [0.15, 0.2) is 41.0 Å². The maximum atomic E-state index is 12.5. The van der Waals surface area contributed by atoms with E-state index in [1.807, 2.05) is 30.3 Å². The Kier molecular flexibility index (Phi) is 5.67. The molecule has 7 nitrogen and oxygen atoms in total. The van der Waals surface area contributed by atoms with E-state index in [0.29, 0.717) is 13.1 Å². The molecular formula is C22H29N3O4. The number of benzene rings is 1. The van der Waals surface area contributed by atoms with Crippen molar-refractivity contribution in [3.05, 3.63) is 47.9 Å². The molecule has 0 spiro atoms. The lowest BCUT2D eigenvalue weighted by atomic mass is 9.84. The first kappa shape index (κ1) is 19.6. The smallest absolute Gasteiger partial charge is 0.314 e. The summed E-state index contributed by atoms with van der Waals surface area (Å²) in [6.45, 7) is 7.55. The van der Waals surface area contributed by atoms with Gasteiger partial charge in [0.1, 0.15) is 5.76 Å². The molecule has 156 valence electrons. The molecular weight excluding hydrogens is 370 g/mol. The van der Waals surface area contributed by atoms with Gasteiger partial charge in [-0.15, -0.1) is 0 Å². The molecule has 2 aliphatic rings. The molecule has 2 aromatic rings. The molecule has 1 fully saturated rings. The third-order valence-electron chi connectivity index (χ3n) is 5.75. The zero-order valence-corrected chi connectivity index (χ0v) is 17.1. The molecule has 3 heterocycles. The molecule has 1 unspecified atom stereocenters. The van der Waals surface area contributed by atoms with Crippen LogP contribution >= 0.6 is 0 Å². The fourth-order valence-electron chi connectivity index (χ4n) is 3.92. The number of amides is 2. The van der Waals surface area contributed by atoms with Gasteiger partial charge >= 0.3 is 6.03 Å². The maximum absolute atomic E-state index is 12.5. The van der Waals surface area contributed by atoms with Gasteiger partial charge in [-0.05, 0) is 55.8 Å². The maximum Gasteiger partial charge on any atom is 0.314 e. The van der Waals surface area contributed by atoms with E-state index in [1.165, 1.54) is 12.8 Å². The zero-order chi connectivity index (χ0) is 20.3. The van der Waals surface area contributed by atoms with E-state index >= 15 is 0 Å². The van der Waals surface area contributed by atoms with Crippen LogP contribution in [0.1, 0.15) is 44.1 Å². The molecule has 2 amide bonds. The highest BCUT2D eigenvalue weighted by Crippen LogP contribution is 2.36. The fourth-order valence-corrected chi connectivity index (χ4v) is 3.92. The van der Waals surface area contributed by atoms with Crippen LogP contribution in [0.2, 0.25) is 0 Å². The largest absolute Gasteiger partial charge is 0.468 e. The van der Waals surface area contributed by atoms with Crippen molar-refractivity contribution in [3.8, 4) is 11.5 Å². The number of carbonyl (C=O) groups excluding carboxylic acids is 1. The van der Waals surface area contributed by atoms with Gasteiger partial charge in [0, 0.05) is 18.5 Å². The number of rotatable bonds is 7. The molecule has 29 heavy (non-hydrogen) atoms. The van der Waals surface area contributed by atoms with E-state index in [4.69, 9.17) is 13.9 Å². The molecule has 1 aromatic carbocycles. The Balaban J connectivity index is 1.32. The van der Waals surface area contributed by atoms with Crippen LogP contribution in [0.5, 0.6) is 11.5 Å². The number of ether oxygens (including phenoxy) is 2. The Labute approximate surface area is 171 Å². The van der Waals surface area contributed by atoms with Gasteiger partial charge in [0.25, 0.3) is 0 Å². The number of nitrogens with one attached hydrogen (secondary N) is 2. The minimum absolute atomic E-state index is 0.0696. The van der Waals surface area contributed by atoms with Crippen LogP contribution in [-0.4, -0.2) is 43.9 Å². The summed E-state index contributed by atoms with van der Waals surface area (Å²) in [5, 5.41) is 6.03. The number of urea groups is 1. The summed E-state index contributed by atoms with van der Waals surface area (Å²) in [4.78, 5) is 14.9. The number of nitrogens with zero attached hydrogens (tertiary/aromatic N) is 1. The normalized spacial score (nSPS) is 17.3. The summed E-state index contributed by atoms with van der Waals surface area (Å²) in [5.41, 5.74) is 0.848. The van der Waals surface area contributed by atoms with Gasteiger partial charge in [-0.25, -0.2) is 4.79 Å². The van der Waals surface area contributed by atoms with Crippen LogP contribution in [0, 0.1) is 0 Å². The Hall–Kier alpha value is -2.67. The van der Waals surface area contributed by atoms with Crippen LogP contribution in [0.4, 0.5) is 4.79 Å². The third kappa shape index (κ3) is 4.50. The Morgan fingerprint density at radius 3 is 2.69 bits per heavy atom. The highest BCUT2D eigenvalue weighted by molar-refractivity contribution is 5.74. The number of hydrogen-bond acceptors (Lipinski definition) is 5. The van der Waals surface area contributed by atoms with Crippen molar-refractivity contribution in [1.29, 1.82) is 0 Å². The highest BCUT2D eigenvalue weighted by atomic mass is 16.7. The van der Waals surface area contributed by atoms with Gasteiger partial charge in [-0.2, -0.15) is 0 Å². The predicted molar refractivity (Wildman–Crippen MR) is 109 cm³/mol. The van der Waals surface area contributed by atoms with Gasteiger partial charge in [-0.1, -0.05) is 19.9 Å². The number of hydrogen-bond donors (Lipinski definition) is 2. The van der Waals surface area contributed by atoms with Crippen molar-refractivity contribution >= 4 is 6.03 Å². The van der Waals surface area contributed by atoms with E-state index in [0.717, 1.165) is 35.9 Å². The monoisotopic (exact) mass is 399 g/mol. The van der Waals surface area contributed by atoms with E-state index in [1.54, 1.807) is 6.26 Å². The van der Waals surface area contributed by atoms with Gasteiger partial charge in [0.05, 0.1) is 12.3 Å². The van der Waals surface area contributed by atoms with E-state index < -0.39 is 0 Å². The predicted octanol–water partition coefficient (Wildman–Crippen LogP) is 3.42. The van der Waals surface area contributed by atoms with Crippen molar-refractivity contribution in [2.45, 2.75) is 38.1 Å². The quantitative estimate of drug-likeness (QED) is 0.746. The molecule has 1 saturated heterocycles. The number of fused-ring (bicyclic) bond motifs is 1. The molecule has 4 rings (SSSR count). The van der Waals surface area contributed by atoms with Gasteiger partial charge < -0.3 is 24.5 Å². The molecule has 0 radical (unpaired) electrons. The van der Waals surface area contributed by atoms with E-state index in [9.17, 15) is 4.79 Å². The number of likely N-dealkylation sites (tertiary alicyclic amines) is 1. The standard InChI is InChI=1S/C22H29N3O4/c1-22(2,16-7-8-19-20(12-16)29-15-28-19)14-24-21(26)23-13-17(18-6-5-11-27-18)25-9-3-4-10-25/h5-8,11-12,17H,3-4,9-10,13-15H2,1-2H3,(H2,23,24,26). The first-order chi connectivity index (χ1) is 14.0. The molecule has 1 aromatic heterocycles. The lowest BCUT2D eigenvalue weighted by Crippen LogP contribution is -2.45. The number of furan rings is 1. The van der Waals surface area contributed by atoms with Gasteiger partial charge in [-0.3, -0.25) is 4.90 Å². The average molecular weight is 399 g/mol. The van der Waals surface area contributed by atoms with Crippen LogP contribution in [0.25, 0.3) is 0 Å². The Morgan fingerprint density at radius 2 is 1.93 bits per heavy atom. The first-order valence-electron chi connectivity index (χ1n) is 10.2. The van der Waals surface area contributed by atoms with Crippen LogP contribution in [-0.2, 0) is 5.41 Å². The lowest BCUT2D eigenvalue weighted by Gasteiger charge is -2.28. The summed E-state index contributed by atoms with van der Waals surface area (Å²) < 4.78 is 16.5. The van der Waals surface area contributed by atoms with Crippen molar-refractivity contribution in [2.24, 2.45) is 0 Å².